The number of nitro benzene ring substituents is 1. The Hall–Kier alpha value is -4.67. The second kappa shape index (κ2) is 11.4. The van der Waals surface area contributed by atoms with E-state index < -0.39 is 11.0 Å². The van der Waals surface area contributed by atoms with Crippen molar-refractivity contribution in [3.63, 3.8) is 0 Å². The third-order valence-electron chi connectivity index (χ3n) is 7.86. The monoisotopic (exact) mass is 667 g/mol. The summed E-state index contributed by atoms with van der Waals surface area (Å²) in [7, 11) is 0. The average molecular weight is 669 g/mol. The SMILES string of the molecule is O=c1/c(=C\c2cc(Br)ccc2OCc2ccc([N+](=O)[O-])cc2)sc2n1[C@@H](c1ccc(F)cc1)C1=C(N=2)c2ccccc2CC1. The standard InChI is InChI=1S/C34H23BrFN3O4S/c35-24-10-16-29(43-19-20-5-13-26(14-6-20)39(41)42)23(17-24)18-30-33(40)38-32(22-7-11-25(36)12-8-22)28-15-9-21-3-1-2-4-27(21)31(28)37-34(38)44-30/h1-8,10-14,16-18,32H,9,15,19H2/b30-18+/t32-/m0/s1. The van der Waals surface area contributed by atoms with Crippen molar-refractivity contribution in [1.29, 1.82) is 0 Å². The molecular weight excluding hydrogens is 645 g/mol. The fourth-order valence-corrected chi connectivity index (χ4v) is 7.12. The van der Waals surface area contributed by atoms with Crippen LogP contribution in [0.2, 0.25) is 0 Å². The first-order chi connectivity index (χ1) is 21.4. The molecule has 1 atom stereocenters. The van der Waals surface area contributed by atoms with Crippen LogP contribution in [0.1, 0.15) is 40.3 Å². The fraction of sp³-hybridized carbons (Fsp3) is 0.118. The van der Waals surface area contributed by atoms with E-state index in [9.17, 15) is 19.3 Å². The number of non-ortho nitro benzene ring substituents is 1. The van der Waals surface area contributed by atoms with Crippen molar-refractivity contribution in [2.24, 2.45) is 4.99 Å². The molecule has 0 N–H and O–H groups in total. The molecule has 2 aliphatic rings. The molecule has 1 aliphatic carbocycles. The Balaban J connectivity index is 1.33. The molecule has 7 rings (SSSR count). The number of ether oxygens (including phenoxy) is 1. The number of thiazole rings is 1. The topological polar surface area (TPSA) is 86.7 Å². The van der Waals surface area contributed by atoms with Crippen LogP contribution < -0.4 is 19.6 Å². The lowest BCUT2D eigenvalue weighted by Crippen LogP contribution is -2.38. The largest absolute Gasteiger partial charge is 0.488 e. The molecule has 0 spiro atoms. The van der Waals surface area contributed by atoms with Crippen molar-refractivity contribution in [3.05, 3.63) is 164 Å². The Labute approximate surface area is 263 Å². The van der Waals surface area contributed by atoms with Gasteiger partial charge in [0.1, 0.15) is 18.2 Å². The Morgan fingerprint density at radius 1 is 1.05 bits per heavy atom. The molecule has 7 nitrogen and oxygen atoms in total. The van der Waals surface area contributed by atoms with E-state index in [1.165, 1.54) is 41.2 Å². The van der Waals surface area contributed by atoms with E-state index >= 15 is 0 Å². The summed E-state index contributed by atoms with van der Waals surface area (Å²) in [6, 6.07) is 25.9. The zero-order valence-electron chi connectivity index (χ0n) is 23.1. The zero-order chi connectivity index (χ0) is 30.4. The van der Waals surface area contributed by atoms with Crippen LogP contribution in [0.4, 0.5) is 10.1 Å². The van der Waals surface area contributed by atoms with Crippen molar-refractivity contribution in [2.45, 2.75) is 25.5 Å². The molecule has 1 aromatic heterocycles. The number of nitro groups is 1. The molecule has 0 bridgehead atoms. The number of fused-ring (bicyclic) bond motifs is 3. The highest BCUT2D eigenvalue weighted by Gasteiger charge is 2.32. The molecule has 10 heteroatoms. The summed E-state index contributed by atoms with van der Waals surface area (Å²) in [5, 5.41) is 11.0. The van der Waals surface area contributed by atoms with E-state index in [0.717, 1.165) is 45.3 Å². The quantitative estimate of drug-likeness (QED) is 0.149. The molecule has 0 saturated carbocycles. The first-order valence-corrected chi connectivity index (χ1v) is 15.5. The highest BCUT2D eigenvalue weighted by atomic mass is 79.9. The number of nitrogens with zero attached hydrogens (tertiary/aromatic N) is 3. The maximum Gasteiger partial charge on any atom is 0.271 e. The van der Waals surface area contributed by atoms with Gasteiger partial charge in [-0.15, -0.1) is 0 Å². The third kappa shape index (κ3) is 5.20. The van der Waals surface area contributed by atoms with E-state index in [-0.39, 0.29) is 23.7 Å². The summed E-state index contributed by atoms with van der Waals surface area (Å²) in [5.74, 6) is 0.223. The molecular formula is C34H23BrFN3O4S. The number of rotatable bonds is 6. The van der Waals surface area contributed by atoms with Gasteiger partial charge in [0.05, 0.1) is 21.2 Å². The second-order valence-electron chi connectivity index (χ2n) is 10.6. The number of benzene rings is 4. The molecule has 0 amide bonds. The average Bonchev–Trinajstić information content (AvgIpc) is 3.34. The van der Waals surface area contributed by atoms with E-state index in [1.807, 2.05) is 30.3 Å². The summed E-state index contributed by atoms with van der Waals surface area (Å²) in [6.07, 6.45) is 3.38. The van der Waals surface area contributed by atoms with E-state index in [0.29, 0.717) is 20.6 Å². The summed E-state index contributed by atoms with van der Waals surface area (Å²) >= 11 is 4.84. The van der Waals surface area contributed by atoms with Crippen LogP contribution in [0.15, 0.2) is 111 Å². The lowest BCUT2D eigenvalue weighted by molar-refractivity contribution is -0.384. The molecule has 0 unspecified atom stereocenters. The molecule has 0 radical (unpaired) electrons. The van der Waals surface area contributed by atoms with Crippen LogP contribution in [-0.4, -0.2) is 9.49 Å². The minimum atomic E-state index is -0.441. The number of hydrogen-bond donors (Lipinski definition) is 0. The Morgan fingerprint density at radius 3 is 2.59 bits per heavy atom. The Bertz CT molecular complexity index is 2150. The predicted octanol–water partition coefficient (Wildman–Crippen LogP) is 6.71. The summed E-state index contributed by atoms with van der Waals surface area (Å²) in [4.78, 5) is 30.3. The first kappa shape index (κ1) is 28.1. The van der Waals surface area contributed by atoms with Crippen molar-refractivity contribution in [3.8, 4) is 5.75 Å². The van der Waals surface area contributed by atoms with Crippen LogP contribution in [0.3, 0.4) is 0 Å². The van der Waals surface area contributed by atoms with Gasteiger partial charge in [0, 0.05) is 27.7 Å². The van der Waals surface area contributed by atoms with Gasteiger partial charge >= 0.3 is 0 Å². The molecule has 0 fully saturated rings. The van der Waals surface area contributed by atoms with Crippen molar-refractivity contribution >= 4 is 44.7 Å². The molecule has 0 saturated heterocycles. The van der Waals surface area contributed by atoms with E-state index in [4.69, 9.17) is 9.73 Å². The Kier molecular flexibility index (Phi) is 7.31. The lowest BCUT2D eigenvalue weighted by atomic mass is 9.83. The number of allylic oxidation sites excluding steroid dienone is 1. The van der Waals surface area contributed by atoms with E-state index in [2.05, 4.69) is 28.1 Å². The predicted molar refractivity (Wildman–Crippen MR) is 171 cm³/mol. The van der Waals surface area contributed by atoms with Crippen molar-refractivity contribution in [2.75, 3.05) is 0 Å². The smallest absolute Gasteiger partial charge is 0.271 e. The van der Waals surface area contributed by atoms with Crippen molar-refractivity contribution < 1.29 is 14.1 Å². The second-order valence-corrected chi connectivity index (χ2v) is 12.5. The van der Waals surface area contributed by atoms with Crippen LogP contribution in [-0.2, 0) is 13.0 Å². The van der Waals surface area contributed by atoms with Gasteiger partial charge in [-0.25, -0.2) is 9.38 Å². The summed E-state index contributed by atoms with van der Waals surface area (Å²) in [6.45, 7) is 0.193. The maximum atomic E-state index is 14.1. The van der Waals surface area contributed by atoms with Crippen LogP contribution in [0.5, 0.6) is 5.75 Å². The molecule has 44 heavy (non-hydrogen) atoms. The molecule has 5 aromatic rings. The highest BCUT2D eigenvalue weighted by molar-refractivity contribution is 9.10. The van der Waals surface area contributed by atoms with Gasteiger partial charge in [0.15, 0.2) is 4.80 Å². The van der Waals surface area contributed by atoms with Gasteiger partial charge in [-0.2, -0.15) is 0 Å². The van der Waals surface area contributed by atoms with Gasteiger partial charge in [-0.05, 0) is 83.6 Å². The minimum absolute atomic E-state index is 0.0116. The molecule has 2 heterocycles. The van der Waals surface area contributed by atoms with Gasteiger partial charge in [-0.3, -0.25) is 19.5 Å². The van der Waals surface area contributed by atoms with Gasteiger partial charge < -0.3 is 4.74 Å². The maximum absolute atomic E-state index is 14.1. The molecule has 218 valence electrons. The minimum Gasteiger partial charge on any atom is -0.488 e. The Morgan fingerprint density at radius 2 is 1.82 bits per heavy atom. The molecule has 1 aliphatic heterocycles. The number of aromatic nitrogens is 1. The summed E-state index contributed by atoms with van der Waals surface area (Å²) < 4.78 is 23.1. The first-order valence-electron chi connectivity index (χ1n) is 13.9. The van der Waals surface area contributed by atoms with Gasteiger partial charge in [0.2, 0.25) is 0 Å². The number of hydrogen-bond acceptors (Lipinski definition) is 6. The normalized spacial score (nSPS) is 15.7. The van der Waals surface area contributed by atoms with Gasteiger partial charge in [-0.1, -0.05) is 63.7 Å². The summed E-state index contributed by atoms with van der Waals surface area (Å²) in [5.41, 5.74) is 6.33. The van der Waals surface area contributed by atoms with Crippen LogP contribution in [0.25, 0.3) is 11.8 Å². The number of aryl methyl sites for hydroxylation is 1. The number of halogens is 2. The van der Waals surface area contributed by atoms with Gasteiger partial charge in [0.25, 0.3) is 11.2 Å². The fourth-order valence-electron chi connectivity index (χ4n) is 5.75. The third-order valence-corrected chi connectivity index (χ3v) is 9.33. The molecule has 4 aromatic carbocycles. The zero-order valence-corrected chi connectivity index (χ0v) is 25.5. The van der Waals surface area contributed by atoms with Crippen LogP contribution >= 0.6 is 27.3 Å². The van der Waals surface area contributed by atoms with E-state index in [1.54, 1.807) is 34.9 Å². The van der Waals surface area contributed by atoms with Crippen LogP contribution in [0, 0.1) is 15.9 Å². The van der Waals surface area contributed by atoms with Crippen molar-refractivity contribution in [1.82, 2.24) is 4.57 Å². The lowest BCUT2D eigenvalue weighted by Gasteiger charge is -2.30. The highest BCUT2D eigenvalue weighted by Crippen LogP contribution is 2.41.